The summed E-state index contributed by atoms with van der Waals surface area (Å²) in [4.78, 5) is 31.7. The lowest BCUT2D eigenvalue weighted by Crippen LogP contribution is -2.55. The third kappa shape index (κ3) is 5.84. The van der Waals surface area contributed by atoms with Crippen molar-refractivity contribution in [2.75, 3.05) is 62.0 Å². The number of likely N-dealkylation sites (N-methyl/N-ethyl adjacent to an activating group) is 1. The van der Waals surface area contributed by atoms with Gasteiger partial charge in [-0.25, -0.2) is 4.98 Å². The van der Waals surface area contributed by atoms with E-state index in [-0.39, 0.29) is 11.9 Å². The summed E-state index contributed by atoms with van der Waals surface area (Å²) in [6.45, 7) is 8.22. The Labute approximate surface area is 258 Å². The molecule has 1 aromatic carbocycles. The van der Waals surface area contributed by atoms with Crippen LogP contribution in [-0.4, -0.2) is 94.8 Å². The van der Waals surface area contributed by atoms with Crippen LogP contribution in [-0.2, 0) is 11.3 Å². The number of carbonyl (C=O) groups is 1. The van der Waals surface area contributed by atoms with E-state index in [9.17, 15) is 4.79 Å². The average Bonchev–Trinajstić information content (AvgIpc) is 3.46. The quantitative estimate of drug-likeness (QED) is 0.358. The molecule has 3 fully saturated rings. The van der Waals surface area contributed by atoms with Gasteiger partial charge in [0.05, 0.1) is 25.5 Å². The van der Waals surface area contributed by atoms with Crippen molar-refractivity contribution < 1.29 is 13.9 Å². The van der Waals surface area contributed by atoms with E-state index in [0.29, 0.717) is 36.1 Å². The van der Waals surface area contributed by atoms with Gasteiger partial charge in [-0.05, 0) is 56.2 Å². The summed E-state index contributed by atoms with van der Waals surface area (Å²) in [5, 5.41) is 12.0. The van der Waals surface area contributed by atoms with Gasteiger partial charge < -0.3 is 29.2 Å². The monoisotopic (exact) mass is 601 g/mol. The predicted octanol–water partition coefficient (Wildman–Crippen LogP) is 4.31. The van der Waals surface area contributed by atoms with Gasteiger partial charge in [0.2, 0.25) is 23.6 Å². The second kappa shape index (κ2) is 12.3. The molecule has 0 radical (unpaired) electrons. The van der Waals surface area contributed by atoms with Crippen LogP contribution < -0.4 is 19.9 Å². The fraction of sp³-hybridized carbons (Fsp3) is 0.594. The van der Waals surface area contributed by atoms with Crippen LogP contribution in [0, 0.1) is 5.92 Å². The number of nitrogens with zero attached hydrogens (tertiary/aromatic N) is 8. The molecule has 2 aliphatic carbocycles. The summed E-state index contributed by atoms with van der Waals surface area (Å²) in [6.07, 6.45) is 9.76. The number of piperazine rings is 1. The summed E-state index contributed by atoms with van der Waals surface area (Å²) in [7, 11) is 3.45. The molecular weight excluding hydrogens is 558 g/mol. The van der Waals surface area contributed by atoms with Crippen molar-refractivity contribution in [3.63, 3.8) is 0 Å². The highest BCUT2D eigenvalue weighted by Gasteiger charge is 2.41. The SMILES string of the molecule is CC[C@@H]1C(=O)N(C)c2cnc(Nc3ccc(-c4nnc(CN5CCN(CC6CC6)CC5)o4)cc3OC)nc2N1C1CCCC1. The summed E-state index contributed by atoms with van der Waals surface area (Å²) < 4.78 is 11.8. The van der Waals surface area contributed by atoms with Crippen LogP contribution in [0.4, 0.5) is 23.1 Å². The van der Waals surface area contributed by atoms with Gasteiger partial charge >= 0.3 is 0 Å². The molecule has 2 saturated carbocycles. The molecule has 2 aliphatic heterocycles. The van der Waals surface area contributed by atoms with Crippen molar-refractivity contribution in [1.29, 1.82) is 0 Å². The fourth-order valence-corrected chi connectivity index (χ4v) is 6.91. The highest BCUT2D eigenvalue weighted by molar-refractivity contribution is 6.04. The van der Waals surface area contributed by atoms with Gasteiger partial charge in [0.25, 0.3) is 0 Å². The van der Waals surface area contributed by atoms with E-state index in [0.717, 1.165) is 74.1 Å². The first-order valence-corrected chi connectivity index (χ1v) is 16.2. The number of aromatic nitrogens is 4. The maximum Gasteiger partial charge on any atom is 0.249 e. The molecule has 4 aliphatic rings. The second-order valence-corrected chi connectivity index (χ2v) is 12.6. The maximum atomic E-state index is 13.2. The molecule has 4 heterocycles. The van der Waals surface area contributed by atoms with E-state index < -0.39 is 0 Å². The number of hydrogen-bond donors (Lipinski definition) is 1. The molecule has 1 amide bonds. The number of nitrogens with one attached hydrogen (secondary N) is 1. The van der Waals surface area contributed by atoms with Crippen molar-refractivity contribution in [3.05, 3.63) is 30.3 Å². The zero-order chi connectivity index (χ0) is 30.2. The predicted molar refractivity (Wildman–Crippen MR) is 168 cm³/mol. The fourth-order valence-electron chi connectivity index (χ4n) is 6.91. The Morgan fingerprint density at radius 3 is 2.55 bits per heavy atom. The van der Waals surface area contributed by atoms with Crippen molar-refractivity contribution in [1.82, 2.24) is 30.0 Å². The number of carbonyl (C=O) groups excluding carboxylic acids is 1. The molecule has 2 aromatic heterocycles. The summed E-state index contributed by atoms with van der Waals surface area (Å²) in [6, 6.07) is 5.83. The standard InChI is InChI=1S/C32H43N9O3/c1-4-25-31(42)38(2)26-18-33-32(35-29(26)41(25)23-7-5-6-8-23)34-24-12-11-22(17-27(24)43-3)30-37-36-28(44-30)20-40-15-13-39(14-16-40)19-21-9-10-21/h11-12,17-18,21,23,25H,4-10,13-16,19-20H2,1-3H3,(H,33,34,35)/t25-/m1/s1. The minimum atomic E-state index is -0.219. The molecule has 3 aromatic rings. The lowest BCUT2D eigenvalue weighted by Gasteiger charge is -2.43. The number of rotatable bonds is 10. The Kier molecular flexibility index (Phi) is 8.11. The average molecular weight is 602 g/mol. The van der Waals surface area contributed by atoms with E-state index in [1.807, 2.05) is 25.2 Å². The molecule has 0 bridgehead atoms. The lowest BCUT2D eigenvalue weighted by molar-refractivity contribution is -0.120. The van der Waals surface area contributed by atoms with E-state index >= 15 is 0 Å². The first kappa shape index (κ1) is 29.0. The summed E-state index contributed by atoms with van der Waals surface area (Å²) in [5.41, 5.74) is 2.25. The zero-order valence-corrected chi connectivity index (χ0v) is 26.0. The van der Waals surface area contributed by atoms with Crippen molar-refractivity contribution in [3.8, 4) is 17.2 Å². The van der Waals surface area contributed by atoms with Gasteiger partial charge in [-0.1, -0.05) is 19.8 Å². The number of fused-ring (bicyclic) bond motifs is 1. The number of hydrogen-bond acceptors (Lipinski definition) is 11. The lowest BCUT2D eigenvalue weighted by atomic mass is 10.0. The molecule has 12 nitrogen and oxygen atoms in total. The van der Waals surface area contributed by atoms with E-state index in [4.69, 9.17) is 14.1 Å². The molecule has 1 saturated heterocycles. The molecule has 0 unspecified atom stereocenters. The van der Waals surface area contributed by atoms with Crippen LogP contribution in [0.3, 0.4) is 0 Å². The molecule has 1 atom stereocenters. The van der Waals surface area contributed by atoms with Crippen LogP contribution in [0.1, 0.15) is 57.8 Å². The molecule has 7 rings (SSSR count). The Hall–Kier alpha value is -3.77. The minimum Gasteiger partial charge on any atom is -0.495 e. The van der Waals surface area contributed by atoms with Crippen LogP contribution in [0.15, 0.2) is 28.8 Å². The summed E-state index contributed by atoms with van der Waals surface area (Å²) >= 11 is 0. The van der Waals surface area contributed by atoms with Crippen molar-refractivity contribution in [2.45, 2.75) is 70.5 Å². The zero-order valence-electron chi connectivity index (χ0n) is 26.0. The number of ether oxygens (including phenoxy) is 1. The molecular formula is C32H43N9O3. The first-order valence-electron chi connectivity index (χ1n) is 16.2. The highest BCUT2D eigenvalue weighted by atomic mass is 16.5. The minimum absolute atomic E-state index is 0.101. The summed E-state index contributed by atoms with van der Waals surface area (Å²) in [5.74, 6) is 3.99. The van der Waals surface area contributed by atoms with E-state index in [1.165, 1.54) is 32.2 Å². The van der Waals surface area contributed by atoms with Gasteiger partial charge in [0, 0.05) is 51.4 Å². The molecule has 0 spiro atoms. The normalized spacial score (nSPS) is 21.6. The third-order valence-electron chi connectivity index (χ3n) is 9.61. The number of anilines is 4. The molecule has 44 heavy (non-hydrogen) atoms. The molecule has 12 heteroatoms. The smallest absolute Gasteiger partial charge is 0.249 e. The molecule has 1 N–H and O–H groups in total. The first-order chi connectivity index (χ1) is 21.5. The van der Waals surface area contributed by atoms with E-state index in [2.05, 4.69) is 42.1 Å². The van der Waals surface area contributed by atoms with Crippen LogP contribution in [0.5, 0.6) is 5.75 Å². The van der Waals surface area contributed by atoms with Crippen LogP contribution in [0.2, 0.25) is 0 Å². The maximum absolute atomic E-state index is 13.2. The Balaban J connectivity index is 1.06. The number of benzene rings is 1. The van der Waals surface area contributed by atoms with Crippen molar-refractivity contribution in [2.24, 2.45) is 5.92 Å². The Morgan fingerprint density at radius 1 is 1.05 bits per heavy atom. The topological polar surface area (TPSA) is 116 Å². The second-order valence-electron chi connectivity index (χ2n) is 12.6. The largest absolute Gasteiger partial charge is 0.495 e. The highest BCUT2D eigenvalue weighted by Crippen LogP contribution is 2.40. The van der Waals surface area contributed by atoms with Gasteiger partial charge in [0.1, 0.15) is 17.5 Å². The van der Waals surface area contributed by atoms with E-state index in [1.54, 1.807) is 18.2 Å². The van der Waals surface area contributed by atoms with Gasteiger partial charge in [0.15, 0.2) is 5.82 Å². The van der Waals surface area contributed by atoms with Crippen molar-refractivity contribution >= 4 is 29.0 Å². The number of amides is 1. The van der Waals surface area contributed by atoms with Crippen LogP contribution >= 0.6 is 0 Å². The number of methoxy groups -OCH3 is 1. The molecule has 234 valence electrons. The van der Waals surface area contributed by atoms with Crippen LogP contribution in [0.25, 0.3) is 11.5 Å². The Morgan fingerprint density at radius 2 is 1.82 bits per heavy atom. The Bertz CT molecular complexity index is 1480. The van der Waals surface area contributed by atoms with Gasteiger partial charge in [-0.3, -0.25) is 9.69 Å². The van der Waals surface area contributed by atoms with Gasteiger partial charge in [-0.15, -0.1) is 10.2 Å². The third-order valence-corrected chi connectivity index (χ3v) is 9.61. The van der Waals surface area contributed by atoms with Gasteiger partial charge in [-0.2, -0.15) is 4.98 Å².